The lowest BCUT2D eigenvalue weighted by Gasteiger charge is -2.38. The predicted molar refractivity (Wildman–Crippen MR) is 75.2 cm³/mol. The predicted octanol–water partition coefficient (Wildman–Crippen LogP) is 1.28. The third-order valence-electron chi connectivity index (χ3n) is 3.53. The summed E-state index contributed by atoms with van der Waals surface area (Å²) in [6.07, 6.45) is 0. The molecule has 0 aromatic heterocycles. The van der Waals surface area contributed by atoms with Gasteiger partial charge in [0, 0.05) is 19.6 Å². The van der Waals surface area contributed by atoms with Crippen molar-refractivity contribution in [3.8, 4) is 11.8 Å². The number of amides is 1. The van der Waals surface area contributed by atoms with E-state index in [0.29, 0.717) is 24.4 Å². The van der Waals surface area contributed by atoms with E-state index < -0.39 is 5.54 Å². The Morgan fingerprint density at radius 3 is 2.90 bits per heavy atom. The van der Waals surface area contributed by atoms with E-state index in [1.54, 1.807) is 12.1 Å². The van der Waals surface area contributed by atoms with Gasteiger partial charge in [-0.2, -0.15) is 5.26 Å². The van der Waals surface area contributed by atoms with E-state index in [1.165, 1.54) is 7.11 Å². The lowest BCUT2D eigenvalue weighted by molar-refractivity contribution is -0.140. The first kappa shape index (κ1) is 14.4. The molecule has 1 saturated heterocycles. The van der Waals surface area contributed by atoms with Gasteiger partial charge in [-0.15, -0.1) is 0 Å². The Morgan fingerprint density at radius 2 is 2.25 bits per heavy atom. The van der Waals surface area contributed by atoms with Gasteiger partial charge >= 0.3 is 0 Å². The maximum absolute atomic E-state index is 12.3. The maximum Gasteiger partial charge on any atom is 0.242 e. The number of carbonyl (C=O) groups is 1. The summed E-state index contributed by atoms with van der Waals surface area (Å²) >= 11 is 0. The molecule has 1 aliphatic rings. The van der Waals surface area contributed by atoms with Crippen molar-refractivity contribution >= 4 is 5.91 Å². The van der Waals surface area contributed by atoms with Crippen LogP contribution in [0.1, 0.15) is 25.0 Å². The average Bonchev–Trinajstić information content (AvgIpc) is 2.43. The van der Waals surface area contributed by atoms with Crippen molar-refractivity contribution in [2.24, 2.45) is 0 Å². The van der Waals surface area contributed by atoms with Gasteiger partial charge in [-0.1, -0.05) is 6.07 Å². The largest absolute Gasteiger partial charge is 0.495 e. The summed E-state index contributed by atoms with van der Waals surface area (Å²) in [6.45, 7) is 5.74. The van der Waals surface area contributed by atoms with Crippen LogP contribution in [0.2, 0.25) is 0 Å². The van der Waals surface area contributed by atoms with E-state index in [-0.39, 0.29) is 5.91 Å². The standard InChI is InChI=1S/C15H19N3O2/c1-15(2)14(19)18(7-6-17-15)10-11-4-5-13(20-3)12(8-11)9-16/h4-5,8,17H,6-7,10H2,1-3H3. The molecular formula is C15H19N3O2. The molecule has 0 aliphatic carbocycles. The van der Waals surface area contributed by atoms with Crippen LogP contribution in [-0.2, 0) is 11.3 Å². The number of carbonyl (C=O) groups excluding carboxylic acids is 1. The normalized spacial score (nSPS) is 17.7. The lowest BCUT2D eigenvalue weighted by atomic mass is 10.00. The number of ether oxygens (including phenoxy) is 1. The number of nitrogens with one attached hydrogen (secondary N) is 1. The van der Waals surface area contributed by atoms with E-state index in [9.17, 15) is 4.79 Å². The fourth-order valence-electron chi connectivity index (χ4n) is 2.39. The van der Waals surface area contributed by atoms with E-state index in [0.717, 1.165) is 12.1 Å². The molecule has 1 amide bonds. The molecule has 1 fully saturated rings. The molecule has 0 atom stereocenters. The van der Waals surface area contributed by atoms with Crippen LogP contribution in [0.15, 0.2) is 18.2 Å². The van der Waals surface area contributed by atoms with Gasteiger partial charge in [0.25, 0.3) is 0 Å². The van der Waals surface area contributed by atoms with Crippen molar-refractivity contribution < 1.29 is 9.53 Å². The Balaban J connectivity index is 2.18. The molecule has 0 bridgehead atoms. The number of piperazine rings is 1. The van der Waals surface area contributed by atoms with Crippen molar-refractivity contribution in [1.82, 2.24) is 10.2 Å². The van der Waals surface area contributed by atoms with Gasteiger partial charge in [-0.3, -0.25) is 4.79 Å². The minimum absolute atomic E-state index is 0.0816. The summed E-state index contributed by atoms with van der Waals surface area (Å²) < 4.78 is 5.12. The van der Waals surface area contributed by atoms with Gasteiger partial charge in [0.05, 0.1) is 18.2 Å². The molecule has 1 aromatic rings. The second kappa shape index (κ2) is 5.51. The fraction of sp³-hybridized carbons (Fsp3) is 0.467. The average molecular weight is 273 g/mol. The summed E-state index contributed by atoms with van der Waals surface area (Å²) in [5, 5.41) is 12.3. The molecule has 0 radical (unpaired) electrons. The number of benzene rings is 1. The second-order valence-electron chi connectivity index (χ2n) is 5.42. The van der Waals surface area contributed by atoms with Crippen LogP contribution in [-0.4, -0.2) is 36.5 Å². The summed E-state index contributed by atoms with van der Waals surface area (Å²) in [4.78, 5) is 14.1. The third-order valence-corrected chi connectivity index (χ3v) is 3.53. The van der Waals surface area contributed by atoms with E-state index in [2.05, 4.69) is 11.4 Å². The van der Waals surface area contributed by atoms with Crippen LogP contribution >= 0.6 is 0 Å². The third kappa shape index (κ3) is 2.75. The zero-order valence-electron chi connectivity index (χ0n) is 12.1. The van der Waals surface area contributed by atoms with Crippen molar-refractivity contribution in [3.63, 3.8) is 0 Å². The number of hydrogen-bond donors (Lipinski definition) is 1. The van der Waals surface area contributed by atoms with Crippen LogP contribution in [0.5, 0.6) is 5.75 Å². The monoisotopic (exact) mass is 273 g/mol. The molecule has 1 aromatic carbocycles. The Bertz CT molecular complexity index is 561. The summed E-state index contributed by atoms with van der Waals surface area (Å²) in [5.41, 5.74) is 0.906. The molecule has 106 valence electrons. The smallest absolute Gasteiger partial charge is 0.242 e. The molecule has 1 heterocycles. The van der Waals surface area contributed by atoms with E-state index >= 15 is 0 Å². The molecule has 0 unspecified atom stereocenters. The lowest BCUT2D eigenvalue weighted by Crippen LogP contribution is -2.60. The van der Waals surface area contributed by atoms with Gasteiger partial charge < -0.3 is 15.0 Å². The molecule has 2 rings (SSSR count). The van der Waals surface area contributed by atoms with Crippen molar-refractivity contribution in [3.05, 3.63) is 29.3 Å². The highest BCUT2D eigenvalue weighted by Crippen LogP contribution is 2.21. The molecule has 1 N–H and O–H groups in total. The van der Waals surface area contributed by atoms with E-state index in [4.69, 9.17) is 10.00 Å². The van der Waals surface area contributed by atoms with Crippen LogP contribution in [0.25, 0.3) is 0 Å². The minimum atomic E-state index is -0.525. The van der Waals surface area contributed by atoms with Gasteiger partial charge in [-0.25, -0.2) is 0 Å². The molecule has 1 aliphatic heterocycles. The first-order valence-electron chi connectivity index (χ1n) is 6.59. The maximum atomic E-state index is 12.3. The first-order valence-corrected chi connectivity index (χ1v) is 6.59. The highest BCUT2D eigenvalue weighted by Gasteiger charge is 2.35. The van der Waals surface area contributed by atoms with Crippen LogP contribution in [0.3, 0.4) is 0 Å². The topological polar surface area (TPSA) is 65.4 Å². The summed E-state index contributed by atoms with van der Waals surface area (Å²) in [6, 6.07) is 7.55. The van der Waals surface area contributed by atoms with Crippen molar-refractivity contribution in [2.45, 2.75) is 25.9 Å². The second-order valence-corrected chi connectivity index (χ2v) is 5.42. The highest BCUT2D eigenvalue weighted by atomic mass is 16.5. The zero-order valence-corrected chi connectivity index (χ0v) is 12.1. The molecule has 5 nitrogen and oxygen atoms in total. The quantitative estimate of drug-likeness (QED) is 0.901. The SMILES string of the molecule is COc1ccc(CN2CCNC(C)(C)C2=O)cc1C#N. The Labute approximate surface area is 119 Å². The van der Waals surface area contributed by atoms with Crippen LogP contribution in [0, 0.1) is 11.3 Å². The van der Waals surface area contributed by atoms with Crippen LogP contribution < -0.4 is 10.1 Å². The zero-order chi connectivity index (χ0) is 14.8. The number of methoxy groups -OCH3 is 1. The van der Waals surface area contributed by atoms with Crippen molar-refractivity contribution in [1.29, 1.82) is 5.26 Å². The number of rotatable bonds is 3. The molecule has 0 spiro atoms. The summed E-state index contributed by atoms with van der Waals surface area (Å²) in [7, 11) is 1.54. The Morgan fingerprint density at radius 1 is 1.50 bits per heavy atom. The first-order chi connectivity index (χ1) is 9.47. The van der Waals surface area contributed by atoms with Gasteiger partial charge in [0.15, 0.2) is 0 Å². The number of nitriles is 1. The molecule has 5 heteroatoms. The van der Waals surface area contributed by atoms with Crippen LogP contribution in [0.4, 0.5) is 0 Å². The van der Waals surface area contributed by atoms with Gasteiger partial charge in [-0.05, 0) is 31.5 Å². The van der Waals surface area contributed by atoms with Gasteiger partial charge in [0.2, 0.25) is 5.91 Å². The molecule has 0 saturated carbocycles. The highest BCUT2D eigenvalue weighted by molar-refractivity contribution is 5.86. The van der Waals surface area contributed by atoms with Gasteiger partial charge in [0.1, 0.15) is 11.8 Å². The molecular weight excluding hydrogens is 254 g/mol. The number of nitrogens with zero attached hydrogens (tertiary/aromatic N) is 2. The Kier molecular flexibility index (Phi) is 3.96. The molecule has 20 heavy (non-hydrogen) atoms. The Hall–Kier alpha value is -2.06. The van der Waals surface area contributed by atoms with Crippen molar-refractivity contribution in [2.75, 3.05) is 20.2 Å². The summed E-state index contributed by atoms with van der Waals surface area (Å²) in [5.74, 6) is 0.640. The fourth-order valence-corrected chi connectivity index (χ4v) is 2.39. The van der Waals surface area contributed by atoms with E-state index in [1.807, 2.05) is 24.8 Å². The minimum Gasteiger partial charge on any atom is -0.495 e. The number of hydrogen-bond acceptors (Lipinski definition) is 4.